The van der Waals surface area contributed by atoms with E-state index < -0.39 is 0 Å². The summed E-state index contributed by atoms with van der Waals surface area (Å²) in [5.41, 5.74) is 7.79. The molecule has 5 heteroatoms. The molecule has 0 spiro atoms. The van der Waals surface area contributed by atoms with E-state index in [-0.39, 0.29) is 5.91 Å². The van der Waals surface area contributed by atoms with Crippen LogP contribution in [0, 0.1) is 5.41 Å². The molecule has 0 saturated carbocycles. The van der Waals surface area contributed by atoms with Crippen LogP contribution in [0.5, 0.6) is 0 Å². The highest BCUT2D eigenvalue weighted by Gasteiger charge is 2.32. The number of nitrogens with zero attached hydrogens (tertiary/aromatic N) is 2. The van der Waals surface area contributed by atoms with Crippen molar-refractivity contribution in [1.29, 1.82) is 0 Å². The van der Waals surface area contributed by atoms with Crippen molar-refractivity contribution in [3.8, 4) is 0 Å². The zero-order valence-electron chi connectivity index (χ0n) is 12.6. The highest BCUT2D eigenvalue weighted by molar-refractivity contribution is 7.21. The normalized spacial score (nSPS) is 18.1. The van der Waals surface area contributed by atoms with Gasteiger partial charge in [-0.25, -0.2) is 0 Å². The lowest BCUT2D eigenvalue weighted by atomic mass is 9.78. The summed E-state index contributed by atoms with van der Waals surface area (Å²) in [6.07, 6.45) is 5.02. The Kier molecular flexibility index (Phi) is 3.61. The van der Waals surface area contributed by atoms with Gasteiger partial charge in [0.1, 0.15) is 10.4 Å². The third kappa shape index (κ3) is 2.50. The van der Waals surface area contributed by atoms with Gasteiger partial charge in [-0.3, -0.25) is 9.78 Å². The largest absolute Gasteiger partial charge is 0.396 e. The average Bonchev–Trinajstić information content (AvgIpc) is 2.85. The zero-order chi connectivity index (χ0) is 15.0. The number of likely N-dealkylation sites (tertiary alicyclic amines) is 1. The molecular formula is C16H21N3OS. The van der Waals surface area contributed by atoms with E-state index in [9.17, 15) is 4.79 Å². The molecule has 1 aliphatic rings. The first-order chi connectivity index (χ1) is 10.0. The Morgan fingerprint density at radius 2 is 2.19 bits per heavy atom. The van der Waals surface area contributed by atoms with Gasteiger partial charge in [-0.2, -0.15) is 0 Å². The van der Waals surface area contributed by atoms with Gasteiger partial charge in [-0.15, -0.1) is 11.3 Å². The van der Waals surface area contributed by atoms with Crippen LogP contribution in [-0.4, -0.2) is 28.9 Å². The van der Waals surface area contributed by atoms with Crippen molar-refractivity contribution in [2.75, 3.05) is 18.8 Å². The van der Waals surface area contributed by atoms with E-state index in [0.717, 1.165) is 36.1 Å². The third-order valence-corrected chi connectivity index (χ3v) is 5.94. The Morgan fingerprint density at radius 1 is 1.48 bits per heavy atom. The number of rotatable bonds is 2. The molecular weight excluding hydrogens is 282 g/mol. The molecule has 0 radical (unpaired) electrons. The molecule has 112 valence electrons. The van der Waals surface area contributed by atoms with Crippen molar-refractivity contribution in [1.82, 2.24) is 9.88 Å². The second-order valence-electron chi connectivity index (χ2n) is 6.15. The van der Waals surface area contributed by atoms with Crippen LogP contribution >= 0.6 is 11.3 Å². The predicted molar refractivity (Wildman–Crippen MR) is 87.6 cm³/mol. The summed E-state index contributed by atoms with van der Waals surface area (Å²) in [4.78, 5) is 19.6. The molecule has 1 saturated heterocycles. The van der Waals surface area contributed by atoms with Crippen molar-refractivity contribution < 1.29 is 4.79 Å². The van der Waals surface area contributed by atoms with Crippen LogP contribution in [0.15, 0.2) is 18.3 Å². The van der Waals surface area contributed by atoms with Crippen LogP contribution in [0.4, 0.5) is 5.69 Å². The SMILES string of the molecule is CCC1(C)CCN(C(=O)c2sc3cccnc3c2N)CC1. The summed E-state index contributed by atoms with van der Waals surface area (Å²) in [5, 5.41) is 0. The number of hydrogen-bond acceptors (Lipinski definition) is 4. The number of nitrogen functional groups attached to an aromatic ring is 1. The fourth-order valence-electron chi connectivity index (χ4n) is 2.85. The highest BCUT2D eigenvalue weighted by atomic mass is 32.1. The van der Waals surface area contributed by atoms with E-state index in [4.69, 9.17) is 5.73 Å². The van der Waals surface area contributed by atoms with Crippen LogP contribution in [0.1, 0.15) is 42.8 Å². The van der Waals surface area contributed by atoms with Gasteiger partial charge in [0, 0.05) is 19.3 Å². The van der Waals surface area contributed by atoms with Crippen molar-refractivity contribution in [2.45, 2.75) is 33.1 Å². The Balaban J connectivity index is 1.83. The number of amides is 1. The quantitative estimate of drug-likeness (QED) is 0.923. The molecule has 2 N–H and O–H groups in total. The molecule has 0 unspecified atom stereocenters. The number of carbonyl (C=O) groups excluding carboxylic acids is 1. The maximum Gasteiger partial charge on any atom is 0.266 e. The summed E-state index contributed by atoms with van der Waals surface area (Å²) >= 11 is 1.45. The molecule has 3 rings (SSSR count). The number of thiophene rings is 1. The van der Waals surface area contributed by atoms with E-state index >= 15 is 0 Å². The number of anilines is 1. The summed E-state index contributed by atoms with van der Waals surface area (Å²) in [5.74, 6) is 0.0636. The van der Waals surface area contributed by atoms with E-state index in [1.165, 1.54) is 17.8 Å². The minimum Gasteiger partial charge on any atom is -0.396 e. The lowest BCUT2D eigenvalue weighted by Gasteiger charge is -2.38. The van der Waals surface area contributed by atoms with Crippen molar-refractivity contribution in [3.63, 3.8) is 0 Å². The number of aromatic nitrogens is 1. The summed E-state index contributed by atoms with van der Waals surface area (Å²) < 4.78 is 0.980. The molecule has 0 bridgehead atoms. The summed E-state index contributed by atoms with van der Waals surface area (Å²) in [7, 11) is 0. The van der Waals surface area contributed by atoms with Crippen LogP contribution in [0.3, 0.4) is 0 Å². The van der Waals surface area contributed by atoms with Crippen molar-refractivity contribution >= 4 is 33.1 Å². The first-order valence-corrected chi connectivity index (χ1v) is 8.28. The molecule has 1 amide bonds. The Bertz CT molecular complexity index is 671. The molecule has 21 heavy (non-hydrogen) atoms. The molecule has 0 aliphatic carbocycles. The molecule has 0 atom stereocenters. The lowest BCUT2D eigenvalue weighted by Crippen LogP contribution is -2.41. The maximum atomic E-state index is 12.7. The lowest BCUT2D eigenvalue weighted by molar-refractivity contribution is 0.0606. The molecule has 4 nitrogen and oxygen atoms in total. The Labute approximate surface area is 129 Å². The second kappa shape index (κ2) is 5.30. The molecule has 1 aliphatic heterocycles. The van der Waals surface area contributed by atoms with Gasteiger partial charge in [0.2, 0.25) is 0 Å². The smallest absolute Gasteiger partial charge is 0.266 e. The number of nitrogens with two attached hydrogens (primary N) is 1. The standard InChI is InChI=1S/C16H21N3OS/c1-3-16(2)6-9-19(10-7-16)15(20)14-12(17)13-11(21-14)5-4-8-18-13/h4-5,8H,3,6-7,9-10,17H2,1-2H3. The maximum absolute atomic E-state index is 12.7. The highest BCUT2D eigenvalue weighted by Crippen LogP contribution is 2.37. The molecule has 0 aromatic carbocycles. The second-order valence-corrected chi connectivity index (χ2v) is 7.20. The summed E-state index contributed by atoms with van der Waals surface area (Å²) in [6, 6.07) is 3.84. The first kappa shape index (κ1) is 14.3. The summed E-state index contributed by atoms with van der Waals surface area (Å²) in [6.45, 7) is 6.19. The van der Waals surface area contributed by atoms with Gasteiger partial charge in [-0.05, 0) is 30.4 Å². The topological polar surface area (TPSA) is 59.2 Å². The Hall–Kier alpha value is -1.62. The molecule has 3 heterocycles. The zero-order valence-corrected chi connectivity index (χ0v) is 13.4. The van der Waals surface area contributed by atoms with E-state index in [1.807, 2.05) is 17.0 Å². The minimum absolute atomic E-state index is 0.0636. The van der Waals surface area contributed by atoms with E-state index in [1.54, 1.807) is 6.20 Å². The number of piperidine rings is 1. The van der Waals surface area contributed by atoms with Crippen molar-refractivity contribution in [2.24, 2.45) is 5.41 Å². The minimum atomic E-state index is 0.0636. The van der Waals surface area contributed by atoms with E-state index in [0.29, 0.717) is 16.0 Å². The Morgan fingerprint density at radius 3 is 2.81 bits per heavy atom. The van der Waals surface area contributed by atoms with Gasteiger partial charge in [0.15, 0.2) is 0 Å². The van der Waals surface area contributed by atoms with Gasteiger partial charge in [0.05, 0.1) is 10.4 Å². The monoisotopic (exact) mass is 303 g/mol. The van der Waals surface area contributed by atoms with Gasteiger partial charge < -0.3 is 10.6 Å². The fraction of sp³-hybridized carbons (Fsp3) is 0.500. The van der Waals surface area contributed by atoms with E-state index in [2.05, 4.69) is 18.8 Å². The molecule has 1 fully saturated rings. The van der Waals surface area contributed by atoms with Crippen LogP contribution in [0.2, 0.25) is 0 Å². The predicted octanol–water partition coefficient (Wildman–Crippen LogP) is 3.53. The van der Waals surface area contributed by atoms with Crippen molar-refractivity contribution in [3.05, 3.63) is 23.2 Å². The third-order valence-electron chi connectivity index (χ3n) is 4.79. The van der Waals surface area contributed by atoms with Gasteiger partial charge in [-0.1, -0.05) is 20.3 Å². The van der Waals surface area contributed by atoms with Gasteiger partial charge >= 0.3 is 0 Å². The number of hydrogen-bond donors (Lipinski definition) is 1. The number of fused-ring (bicyclic) bond motifs is 1. The van der Waals surface area contributed by atoms with Gasteiger partial charge in [0.25, 0.3) is 5.91 Å². The number of pyridine rings is 1. The van der Waals surface area contributed by atoms with Crippen LogP contribution in [0.25, 0.3) is 10.2 Å². The number of carbonyl (C=O) groups is 1. The average molecular weight is 303 g/mol. The van der Waals surface area contributed by atoms with Crippen LogP contribution < -0.4 is 5.73 Å². The molecule has 2 aromatic rings. The first-order valence-electron chi connectivity index (χ1n) is 7.46. The molecule has 2 aromatic heterocycles. The fourth-order valence-corrected chi connectivity index (χ4v) is 3.90. The van der Waals surface area contributed by atoms with Crippen LogP contribution in [-0.2, 0) is 0 Å².